The van der Waals surface area contributed by atoms with Gasteiger partial charge in [-0.05, 0) is 30.3 Å². The fraction of sp³-hybridized carbons (Fsp3) is 0.300. The van der Waals surface area contributed by atoms with Crippen LogP contribution in [0.5, 0.6) is 0 Å². The molecule has 1 fully saturated rings. The first-order valence-corrected chi connectivity index (χ1v) is 9.52. The Bertz CT molecular complexity index is 926. The number of rotatable bonds is 4. The van der Waals surface area contributed by atoms with Crippen LogP contribution in [0.25, 0.3) is 0 Å². The molecule has 144 valence electrons. The summed E-state index contributed by atoms with van der Waals surface area (Å²) in [6.45, 7) is 2.66. The molecule has 0 atom stereocenters. The van der Waals surface area contributed by atoms with Gasteiger partial charge in [0.2, 0.25) is 5.91 Å². The second kappa shape index (κ2) is 7.59. The van der Waals surface area contributed by atoms with E-state index < -0.39 is 5.91 Å². The van der Waals surface area contributed by atoms with Gasteiger partial charge in [0.15, 0.2) is 0 Å². The molecule has 0 N–H and O–H groups in total. The van der Waals surface area contributed by atoms with Crippen molar-refractivity contribution in [3.63, 3.8) is 0 Å². The van der Waals surface area contributed by atoms with E-state index >= 15 is 0 Å². The number of hydrogen-bond acceptors (Lipinski definition) is 5. The normalized spacial score (nSPS) is 16.5. The molecule has 28 heavy (non-hydrogen) atoms. The van der Waals surface area contributed by atoms with Gasteiger partial charge in [-0.3, -0.25) is 19.3 Å². The molecule has 2 aliphatic rings. The van der Waals surface area contributed by atoms with Gasteiger partial charge in [0.1, 0.15) is 5.82 Å². The van der Waals surface area contributed by atoms with Crippen molar-refractivity contribution in [1.29, 1.82) is 0 Å². The Labute approximate surface area is 167 Å². The second-order valence-corrected chi connectivity index (χ2v) is 7.19. The summed E-state index contributed by atoms with van der Waals surface area (Å²) in [5.41, 5.74) is 0.639. The third-order valence-electron chi connectivity index (χ3n) is 5.09. The molecule has 0 aliphatic carbocycles. The summed E-state index contributed by atoms with van der Waals surface area (Å²) in [5.74, 6) is 0.0780. The maximum atomic E-state index is 12.6. The minimum absolute atomic E-state index is 0.0599. The van der Waals surface area contributed by atoms with Gasteiger partial charge in [0.25, 0.3) is 11.8 Å². The standard InChI is InChI=1S/C20H19ClN4O3/c21-14-4-5-15-16(13-14)20(28)25(19(15)27)8-6-18(26)24-11-9-23(10-12-24)17-3-1-2-7-22-17/h1-5,7,13H,6,8-12H2. The van der Waals surface area contributed by atoms with Crippen molar-refractivity contribution >= 4 is 35.1 Å². The lowest BCUT2D eigenvalue weighted by atomic mass is 10.1. The van der Waals surface area contributed by atoms with E-state index in [1.54, 1.807) is 23.2 Å². The Hall–Kier alpha value is -2.93. The van der Waals surface area contributed by atoms with Crippen LogP contribution in [0.3, 0.4) is 0 Å². The van der Waals surface area contributed by atoms with Gasteiger partial charge >= 0.3 is 0 Å². The summed E-state index contributed by atoms with van der Waals surface area (Å²) < 4.78 is 0. The molecule has 3 amide bonds. The van der Waals surface area contributed by atoms with Crippen LogP contribution in [-0.2, 0) is 4.79 Å². The average molecular weight is 399 g/mol. The van der Waals surface area contributed by atoms with Crippen LogP contribution < -0.4 is 4.90 Å². The molecule has 1 aromatic carbocycles. The van der Waals surface area contributed by atoms with Crippen LogP contribution in [-0.4, -0.2) is 65.2 Å². The number of carbonyl (C=O) groups is 3. The van der Waals surface area contributed by atoms with Crippen LogP contribution >= 0.6 is 11.6 Å². The molecule has 2 aromatic rings. The zero-order valence-corrected chi connectivity index (χ0v) is 15.9. The number of hydrogen-bond donors (Lipinski definition) is 0. The highest BCUT2D eigenvalue weighted by molar-refractivity contribution is 6.32. The number of halogens is 1. The fourth-order valence-corrected chi connectivity index (χ4v) is 3.73. The highest BCUT2D eigenvalue weighted by Crippen LogP contribution is 2.26. The molecule has 0 saturated carbocycles. The maximum Gasteiger partial charge on any atom is 0.261 e. The minimum atomic E-state index is -0.393. The van der Waals surface area contributed by atoms with Gasteiger partial charge in [0.05, 0.1) is 11.1 Å². The van der Waals surface area contributed by atoms with Crippen molar-refractivity contribution in [2.75, 3.05) is 37.6 Å². The van der Waals surface area contributed by atoms with Crippen LogP contribution in [0.2, 0.25) is 5.02 Å². The predicted octanol–water partition coefficient (Wildman–Crippen LogP) is 2.07. The first-order chi connectivity index (χ1) is 13.5. The van der Waals surface area contributed by atoms with Crippen molar-refractivity contribution in [2.45, 2.75) is 6.42 Å². The molecule has 0 spiro atoms. The number of aromatic nitrogens is 1. The molecule has 4 rings (SSSR count). The number of nitrogens with zero attached hydrogens (tertiary/aromatic N) is 4. The number of amides is 3. The molecule has 1 aromatic heterocycles. The number of imide groups is 1. The number of fused-ring (bicyclic) bond motifs is 1. The molecule has 0 unspecified atom stereocenters. The largest absolute Gasteiger partial charge is 0.353 e. The monoisotopic (exact) mass is 398 g/mol. The lowest BCUT2D eigenvalue weighted by Crippen LogP contribution is -2.49. The van der Waals surface area contributed by atoms with E-state index in [2.05, 4.69) is 9.88 Å². The molecule has 0 bridgehead atoms. The van der Waals surface area contributed by atoms with E-state index in [1.165, 1.54) is 6.07 Å². The molecule has 2 aliphatic heterocycles. The summed E-state index contributed by atoms with van der Waals surface area (Å²) in [6, 6.07) is 10.4. The number of anilines is 1. The quantitative estimate of drug-likeness (QED) is 0.737. The molecule has 8 heteroatoms. The number of benzene rings is 1. The number of carbonyl (C=O) groups excluding carboxylic acids is 3. The van der Waals surface area contributed by atoms with Crippen LogP contribution in [0.4, 0.5) is 5.82 Å². The van der Waals surface area contributed by atoms with Gasteiger partial charge < -0.3 is 9.80 Å². The highest BCUT2D eigenvalue weighted by atomic mass is 35.5. The molecule has 3 heterocycles. The second-order valence-electron chi connectivity index (χ2n) is 6.76. The van der Waals surface area contributed by atoms with E-state index in [-0.39, 0.29) is 24.8 Å². The SMILES string of the molecule is O=C(CCN1C(=O)c2ccc(Cl)cc2C1=O)N1CCN(c2ccccn2)CC1. The van der Waals surface area contributed by atoms with E-state index in [0.29, 0.717) is 42.3 Å². The zero-order chi connectivity index (χ0) is 19.7. The van der Waals surface area contributed by atoms with E-state index in [9.17, 15) is 14.4 Å². The van der Waals surface area contributed by atoms with Crippen molar-refractivity contribution in [3.05, 3.63) is 58.7 Å². The molecule has 1 saturated heterocycles. The topological polar surface area (TPSA) is 73.8 Å². The van der Waals surface area contributed by atoms with Crippen molar-refractivity contribution in [1.82, 2.24) is 14.8 Å². The molecular weight excluding hydrogens is 380 g/mol. The molecular formula is C20H19ClN4O3. The summed E-state index contributed by atoms with van der Waals surface area (Å²) in [5, 5.41) is 0.406. The Morgan fingerprint density at radius 2 is 1.75 bits per heavy atom. The Kier molecular flexibility index (Phi) is 5.00. The molecule has 0 radical (unpaired) electrons. The Morgan fingerprint density at radius 3 is 2.46 bits per heavy atom. The van der Waals surface area contributed by atoms with Gasteiger partial charge in [-0.1, -0.05) is 17.7 Å². The van der Waals surface area contributed by atoms with E-state index in [0.717, 1.165) is 10.7 Å². The summed E-state index contributed by atoms with van der Waals surface area (Å²) >= 11 is 5.92. The molecule has 7 nitrogen and oxygen atoms in total. The Balaban J connectivity index is 1.32. The van der Waals surface area contributed by atoms with Gasteiger partial charge in [0, 0.05) is 50.4 Å². The van der Waals surface area contributed by atoms with Crippen LogP contribution in [0.15, 0.2) is 42.6 Å². The van der Waals surface area contributed by atoms with Gasteiger partial charge in [-0.15, -0.1) is 0 Å². The summed E-state index contributed by atoms with van der Waals surface area (Å²) in [6.07, 6.45) is 1.87. The average Bonchev–Trinajstić information content (AvgIpc) is 2.96. The minimum Gasteiger partial charge on any atom is -0.353 e. The van der Waals surface area contributed by atoms with Crippen molar-refractivity contribution in [2.24, 2.45) is 0 Å². The highest BCUT2D eigenvalue weighted by Gasteiger charge is 2.36. The zero-order valence-electron chi connectivity index (χ0n) is 15.2. The van der Waals surface area contributed by atoms with Crippen molar-refractivity contribution in [3.8, 4) is 0 Å². The lowest BCUT2D eigenvalue weighted by molar-refractivity contribution is -0.131. The summed E-state index contributed by atoms with van der Waals surface area (Å²) in [7, 11) is 0. The number of pyridine rings is 1. The Morgan fingerprint density at radius 1 is 1.00 bits per heavy atom. The van der Waals surface area contributed by atoms with Crippen molar-refractivity contribution < 1.29 is 14.4 Å². The van der Waals surface area contributed by atoms with Crippen LogP contribution in [0.1, 0.15) is 27.1 Å². The van der Waals surface area contributed by atoms with E-state index in [4.69, 9.17) is 11.6 Å². The first kappa shape index (κ1) is 18.4. The summed E-state index contributed by atoms with van der Waals surface area (Å²) in [4.78, 5) is 46.8. The predicted molar refractivity (Wildman–Crippen MR) is 104 cm³/mol. The number of piperazine rings is 1. The third kappa shape index (κ3) is 3.45. The van der Waals surface area contributed by atoms with Gasteiger partial charge in [-0.2, -0.15) is 0 Å². The van der Waals surface area contributed by atoms with Gasteiger partial charge in [-0.25, -0.2) is 4.98 Å². The van der Waals surface area contributed by atoms with E-state index in [1.807, 2.05) is 18.2 Å². The first-order valence-electron chi connectivity index (χ1n) is 9.14. The fourth-order valence-electron chi connectivity index (χ4n) is 3.56. The maximum absolute atomic E-state index is 12.6. The smallest absolute Gasteiger partial charge is 0.261 e. The lowest BCUT2D eigenvalue weighted by Gasteiger charge is -2.35. The third-order valence-corrected chi connectivity index (χ3v) is 5.32. The van der Waals surface area contributed by atoms with Crippen LogP contribution in [0, 0.1) is 0 Å².